The van der Waals surface area contributed by atoms with Crippen LogP contribution in [0.25, 0.3) is 0 Å². The van der Waals surface area contributed by atoms with Gasteiger partial charge >= 0.3 is 23.9 Å². The molecule has 10 heteroatoms. The molecular formula is C31H38N2O8. The number of Topliss-reactive ketones (excluding diaryl/α,β-unsaturated/α-hetero) is 1. The fourth-order valence-corrected chi connectivity index (χ4v) is 10.1. The number of cyclic esters (lactones) is 2. The number of aromatic nitrogens is 2. The van der Waals surface area contributed by atoms with Gasteiger partial charge in [-0.1, -0.05) is 45.8 Å². The summed E-state index contributed by atoms with van der Waals surface area (Å²) in [6.07, 6.45) is 6.75. The Bertz CT molecular complexity index is 1410. The van der Waals surface area contributed by atoms with Crippen molar-refractivity contribution < 1.29 is 38.2 Å². The van der Waals surface area contributed by atoms with E-state index in [1.165, 1.54) is 19.8 Å². The molecule has 0 amide bonds. The zero-order valence-corrected chi connectivity index (χ0v) is 24.5. The number of aromatic amines is 1. The van der Waals surface area contributed by atoms with Crippen LogP contribution >= 0.6 is 0 Å². The number of fused-ring (bicyclic) bond motifs is 1. The Kier molecular flexibility index (Phi) is 6.18. The summed E-state index contributed by atoms with van der Waals surface area (Å²) in [6.45, 7) is 8.49. The lowest BCUT2D eigenvalue weighted by atomic mass is 9.34. The zero-order valence-electron chi connectivity index (χ0n) is 24.5. The highest BCUT2D eigenvalue weighted by atomic mass is 16.6. The molecule has 1 aromatic heterocycles. The van der Waals surface area contributed by atoms with Crippen LogP contribution in [0, 0.1) is 51.8 Å². The van der Waals surface area contributed by atoms with Crippen LogP contribution in [-0.4, -0.2) is 54.1 Å². The maximum Gasteiger partial charge on any atom is 0.357 e. The predicted octanol–water partition coefficient (Wildman–Crippen LogP) is 4.31. The topological polar surface area (TPSA) is 142 Å². The summed E-state index contributed by atoms with van der Waals surface area (Å²) in [5.41, 5.74) is -0.937. The molecule has 8 unspecified atom stereocenters. The van der Waals surface area contributed by atoms with E-state index in [4.69, 9.17) is 14.2 Å². The van der Waals surface area contributed by atoms with Crippen molar-refractivity contribution >= 4 is 29.7 Å². The minimum atomic E-state index is -0.868. The van der Waals surface area contributed by atoms with Gasteiger partial charge in [-0.15, -0.1) is 0 Å². The molecule has 2 heterocycles. The van der Waals surface area contributed by atoms with E-state index in [9.17, 15) is 24.0 Å². The Balaban J connectivity index is 1.43. The molecule has 1 aromatic rings. The molecule has 10 nitrogen and oxygen atoms in total. The smallest absolute Gasteiger partial charge is 0.357 e. The minimum Gasteiger partial charge on any atom is -0.465 e. The van der Waals surface area contributed by atoms with E-state index in [1.807, 2.05) is 6.92 Å². The van der Waals surface area contributed by atoms with E-state index in [2.05, 4.69) is 37.0 Å². The van der Waals surface area contributed by atoms with Crippen LogP contribution in [0.5, 0.6) is 0 Å². The fraction of sp³-hybridized carbons (Fsp3) is 0.677. The van der Waals surface area contributed by atoms with Crippen molar-refractivity contribution in [3.8, 4) is 0 Å². The van der Waals surface area contributed by atoms with Crippen LogP contribution in [0.4, 0.5) is 0 Å². The van der Waals surface area contributed by atoms with Gasteiger partial charge in [-0.25, -0.2) is 9.59 Å². The lowest BCUT2D eigenvalue weighted by Gasteiger charge is -2.68. The number of methoxy groups -OCH3 is 2. The number of hydrogen-bond acceptors (Lipinski definition) is 9. The Morgan fingerprint density at radius 2 is 1.73 bits per heavy atom. The average Bonchev–Trinajstić information content (AvgIpc) is 3.53. The van der Waals surface area contributed by atoms with Gasteiger partial charge in [-0.3, -0.25) is 19.5 Å². The number of ketones is 1. The highest BCUT2D eigenvalue weighted by molar-refractivity contribution is 6.12. The Labute approximate surface area is 238 Å². The van der Waals surface area contributed by atoms with E-state index in [-0.39, 0.29) is 57.8 Å². The van der Waals surface area contributed by atoms with Crippen LogP contribution < -0.4 is 0 Å². The number of rotatable bonds is 5. The van der Waals surface area contributed by atoms with E-state index < -0.39 is 40.6 Å². The molecule has 8 atom stereocenters. The molecule has 41 heavy (non-hydrogen) atoms. The first kappa shape index (κ1) is 27.8. The summed E-state index contributed by atoms with van der Waals surface area (Å²) in [5, 5.41) is 6.70. The standard InChI is InChI=1S/C31H38N2O8/c1-14(2)16-13-31-11-8-17-29(3,18(31)12-15(16)19-21(31)27(37)41-26(19)36)9-7-10-30(17,4)24(34)22-20(25(35)39-5)23(33-32-22)28(38)40-6/h13-15,17-19,21H,7-12H2,1-6H3,(H,32,33). The molecule has 1 aliphatic heterocycles. The van der Waals surface area contributed by atoms with Crippen LogP contribution in [0.1, 0.15) is 97.6 Å². The van der Waals surface area contributed by atoms with E-state index in [0.29, 0.717) is 19.3 Å². The van der Waals surface area contributed by atoms with Gasteiger partial charge in [0.1, 0.15) is 11.3 Å². The van der Waals surface area contributed by atoms with E-state index in [1.54, 1.807) is 0 Å². The van der Waals surface area contributed by atoms with Gasteiger partial charge in [-0.05, 0) is 61.2 Å². The number of hydrogen-bond donors (Lipinski definition) is 1. The van der Waals surface area contributed by atoms with Crippen molar-refractivity contribution in [2.24, 2.45) is 51.8 Å². The molecule has 7 rings (SSSR count). The van der Waals surface area contributed by atoms with Crippen LogP contribution in [0.15, 0.2) is 11.6 Å². The molecule has 1 N–H and O–H groups in total. The number of allylic oxidation sites excluding steroid dienone is 2. The van der Waals surface area contributed by atoms with Crippen LogP contribution in [0.3, 0.4) is 0 Å². The normalized spacial score (nSPS) is 38.9. The first-order valence-electron chi connectivity index (χ1n) is 14.6. The van der Waals surface area contributed by atoms with Crippen molar-refractivity contribution in [1.29, 1.82) is 0 Å². The summed E-state index contributed by atoms with van der Waals surface area (Å²) < 4.78 is 15.0. The number of esters is 4. The first-order chi connectivity index (χ1) is 19.4. The number of H-pyrrole nitrogens is 1. The Morgan fingerprint density at radius 1 is 1.02 bits per heavy atom. The summed E-state index contributed by atoms with van der Waals surface area (Å²) in [4.78, 5) is 65.8. The Hall–Kier alpha value is -3.30. The predicted molar refractivity (Wildman–Crippen MR) is 143 cm³/mol. The SMILES string of the molecule is COC(=O)c1[nH]nc(C(=O)C2(C)CCCC3(C)C2CCC24C=C(C(C)C)C(CC32)C2C(=O)OC(=O)C24)c1C(=O)OC. The summed E-state index contributed by atoms with van der Waals surface area (Å²) in [6, 6.07) is 0. The minimum absolute atomic E-state index is 0.0508. The number of carbonyl (C=O) groups excluding carboxylic acids is 5. The first-order valence-corrected chi connectivity index (χ1v) is 14.6. The number of nitrogens with zero attached hydrogens (tertiary/aromatic N) is 1. The monoisotopic (exact) mass is 566 g/mol. The zero-order chi connectivity index (χ0) is 29.6. The number of nitrogens with one attached hydrogen (secondary N) is 1. The van der Waals surface area contributed by atoms with Crippen LogP contribution in [0.2, 0.25) is 0 Å². The quantitative estimate of drug-likeness (QED) is 0.181. The number of ether oxygens (including phenoxy) is 3. The Morgan fingerprint density at radius 3 is 2.39 bits per heavy atom. The van der Waals surface area contributed by atoms with Crippen molar-refractivity contribution in [1.82, 2.24) is 10.2 Å². The molecule has 2 bridgehead atoms. The van der Waals surface area contributed by atoms with Crippen LogP contribution in [-0.2, 0) is 23.8 Å². The van der Waals surface area contributed by atoms with Gasteiger partial charge in [0.25, 0.3) is 0 Å². The molecule has 0 aromatic carbocycles. The molecule has 0 radical (unpaired) electrons. The van der Waals surface area contributed by atoms with Crippen molar-refractivity contribution in [3.05, 3.63) is 28.6 Å². The van der Waals surface area contributed by atoms with Gasteiger partial charge in [0.2, 0.25) is 0 Å². The van der Waals surface area contributed by atoms with Crippen molar-refractivity contribution in [2.45, 2.75) is 66.2 Å². The highest BCUT2D eigenvalue weighted by Gasteiger charge is 2.73. The van der Waals surface area contributed by atoms with Gasteiger partial charge < -0.3 is 14.2 Å². The third kappa shape index (κ3) is 3.48. The third-order valence-corrected chi connectivity index (χ3v) is 11.7. The maximum absolute atomic E-state index is 14.4. The third-order valence-electron chi connectivity index (χ3n) is 11.7. The molecule has 3 saturated carbocycles. The molecule has 1 spiro atoms. The van der Waals surface area contributed by atoms with Gasteiger partial charge in [0.05, 0.1) is 26.1 Å². The second-order valence-corrected chi connectivity index (χ2v) is 13.6. The van der Waals surface area contributed by atoms with Gasteiger partial charge in [-0.2, -0.15) is 5.10 Å². The van der Waals surface area contributed by atoms with E-state index in [0.717, 1.165) is 19.3 Å². The summed E-state index contributed by atoms with van der Waals surface area (Å²) in [5.74, 6) is -3.41. The largest absolute Gasteiger partial charge is 0.465 e. The fourth-order valence-electron chi connectivity index (χ4n) is 10.1. The molecular weight excluding hydrogens is 528 g/mol. The average molecular weight is 567 g/mol. The molecule has 6 aliphatic rings. The summed E-state index contributed by atoms with van der Waals surface area (Å²) >= 11 is 0. The maximum atomic E-state index is 14.4. The molecule has 4 fully saturated rings. The molecule has 5 aliphatic carbocycles. The highest BCUT2D eigenvalue weighted by Crippen LogP contribution is 2.74. The second kappa shape index (κ2) is 9.10. The lowest BCUT2D eigenvalue weighted by molar-refractivity contribution is -0.177. The second-order valence-electron chi connectivity index (χ2n) is 13.6. The van der Waals surface area contributed by atoms with E-state index >= 15 is 0 Å². The lowest BCUT2D eigenvalue weighted by Crippen LogP contribution is -2.65. The van der Waals surface area contributed by atoms with Crippen molar-refractivity contribution in [3.63, 3.8) is 0 Å². The molecule has 220 valence electrons. The van der Waals surface area contributed by atoms with Gasteiger partial charge in [0, 0.05) is 10.8 Å². The molecule has 1 saturated heterocycles. The van der Waals surface area contributed by atoms with Crippen molar-refractivity contribution in [2.75, 3.05) is 14.2 Å². The number of carbonyl (C=O) groups is 5. The summed E-state index contributed by atoms with van der Waals surface area (Å²) in [7, 11) is 2.38. The van der Waals surface area contributed by atoms with Gasteiger partial charge in [0.15, 0.2) is 11.5 Å².